The molecule has 0 aliphatic carbocycles. The van der Waals surface area contributed by atoms with Gasteiger partial charge >= 0.3 is 5.97 Å². The zero-order valence-corrected chi connectivity index (χ0v) is 12.2. The molecule has 7 nitrogen and oxygen atoms in total. The van der Waals surface area contributed by atoms with Crippen molar-refractivity contribution in [2.24, 2.45) is 0 Å². The van der Waals surface area contributed by atoms with Gasteiger partial charge in [0.25, 0.3) is 0 Å². The Balaban J connectivity index is 2.69. The Bertz CT molecular complexity index is 571. The maximum absolute atomic E-state index is 11.8. The molecule has 3 N–H and O–H groups in total. The lowest BCUT2D eigenvalue weighted by molar-refractivity contribution is -0.142. The van der Waals surface area contributed by atoms with E-state index in [4.69, 9.17) is 10.5 Å². The molecule has 0 aromatic heterocycles. The highest BCUT2D eigenvalue weighted by molar-refractivity contribution is 7.92. The summed E-state index contributed by atoms with van der Waals surface area (Å²) in [6.45, 7) is 1.88. The van der Waals surface area contributed by atoms with E-state index < -0.39 is 16.0 Å². The standard InChI is InChI=1S/C12H18N2O5S/c1-3-19-12(15)6-7-20(16,17)14-9-4-5-10(13)11(8-9)18-2/h4-5,8,14H,3,6-7,13H2,1-2H3. The number of nitrogens with one attached hydrogen (secondary N) is 1. The number of sulfonamides is 1. The number of nitrogen functional groups attached to an aromatic ring is 1. The number of rotatable bonds is 7. The van der Waals surface area contributed by atoms with E-state index in [9.17, 15) is 13.2 Å². The first kappa shape index (κ1) is 16.1. The first-order chi connectivity index (χ1) is 9.38. The Labute approximate surface area is 118 Å². The summed E-state index contributed by atoms with van der Waals surface area (Å²) in [5, 5.41) is 0. The van der Waals surface area contributed by atoms with Crippen LogP contribution in [0.3, 0.4) is 0 Å². The van der Waals surface area contributed by atoms with Crippen LogP contribution in [0, 0.1) is 0 Å². The molecule has 0 heterocycles. The van der Waals surface area contributed by atoms with Crippen LogP contribution in [0.2, 0.25) is 0 Å². The van der Waals surface area contributed by atoms with Crippen LogP contribution in [-0.2, 0) is 19.6 Å². The number of carbonyl (C=O) groups is 1. The Hall–Kier alpha value is -1.96. The van der Waals surface area contributed by atoms with Crippen LogP contribution < -0.4 is 15.2 Å². The fourth-order valence-electron chi connectivity index (χ4n) is 1.46. The maximum Gasteiger partial charge on any atom is 0.306 e. The fraction of sp³-hybridized carbons (Fsp3) is 0.417. The van der Waals surface area contributed by atoms with Crippen LogP contribution in [0.25, 0.3) is 0 Å². The third kappa shape index (κ3) is 4.96. The van der Waals surface area contributed by atoms with Gasteiger partial charge < -0.3 is 15.2 Å². The van der Waals surface area contributed by atoms with Gasteiger partial charge in [0.15, 0.2) is 0 Å². The van der Waals surface area contributed by atoms with Crippen LogP contribution in [-0.4, -0.2) is 33.9 Å². The molecule has 112 valence electrons. The monoisotopic (exact) mass is 302 g/mol. The van der Waals surface area contributed by atoms with Gasteiger partial charge in [0.2, 0.25) is 10.0 Å². The molecule has 0 fully saturated rings. The van der Waals surface area contributed by atoms with Crippen molar-refractivity contribution >= 4 is 27.4 Å². The second-order valence-corrected chi connectivity index (χ2v) is 5.77. The van der Waals surface area contributed by atoms with E-state index in [-0.39, 0.29) is 18.8 Å². The molecule has 1 rings (SSSR count). The van der Waals surface area contributed by atoms with Crippen molar-refractivity contribution < 1.29 is 22.7 Å². The molecule has 0 saturated carbocycles. The summed E-state index contributed by atoms with van der Waals surface area (Å²) in [6.07, 6.45) is -0.199. The second-order valence-electron chi connectivity index (χ2n) is 3.93. The quantitative estimate of drug-likeness (QED) is 0.574. The minimum Gasteiger partial charge on any atom is -0.495 e. The van der Waals surface area contributed by atoms with E-state index in [1.807, 2.05) is 0 Å². The van der Waals surface area contributed by atoms with Crippen molar-refractivity contribution in [3.63, 3.8) is 0 Å². The predicted molar refractivity (Wildman–Crippen MR) is 76.1 cm³/mol. The summed E-state index contributed by atoms with van der Waals surface area (Å²) in [5.74, 6) is -0.526. The van der Waals surface area contributed by atoms with Gasteiger partial charge in [-0.3, -0.25) is 9.52 Å². The second kappa shape index (κ2) is 6.99. The Kier molecular flexibility index (Phi) is 5.63. The third-order valence-electron chi connectivity index (χ3n) is 2.39. The third-order valence-corrected chi connectivity index (χ3v) is 3.68. The van der Waals surface area contributed by atoms with Crippen molar-refractivity contribution in [2.75, 3.05) is 29.9 Å². The Morgan fingerprint density at radius 2 is 2.10 bits per heavy atom. The van der Waals surface area contributed by atoms with E-state index in [0.29, 0.717) is 17.1 Å². The number of nitrogens with two attached hydrogens (primary N) is 1. The molecule has 0 aliphatic heterocycles. The van der Waals surface area contributed by atoms with Crippen LogP contribution in [0.15, 0.2) is 18.2 Å². The van der Waals surface area contributed by atoms with Gasteiger partial charge in [-0.05, 0) is 19.1 Å². The smallest absolute Gasteiger partial charge is 0.306 e. The van der Waals surface area contributed by atoms with Gasteiger partial charge in [-0.1, -0.05) is 0 Å². The minimum atomic E-state index is -3.63. The van der Waals surface area contributed by atoms with E-state index >= 15 is 0 Å². The zero-order valence-electron chi connectivity index (χ0n) is 11.4. The Morgan fingerprint density at radius 1 is 1.40 bits per heavy atom. The topological polar surface area (TPSA) is 108 Å². The molecule has 1 aromatic carbocycles. The number of benzene rings is 1. The summed E-state index contributed by atoms with van der Waals surface area (Å²) in [5.41, 5.74) is 6.36. The molecular weight excluding hydrogens is 284 g/mol. The fourth-order valence-corrected chi connectivity index (χ4v) is 2.48. The molecule has 20 heavy (non-hydrogen) atoms. The highest BCUT2D eigenvalue weighted by Gasteiger charge is 2.14. The van der Waals surface area contributed by atoms with Gasteiger partial charge in [0, 0.05) is 6.07 Å². The molecule has 0 amide bonds. The van der Waals surface area contributed by atoms with Crippen LogP contribution >= 0.6 is 0 Å². The van der Waals surface area contributed by atoms with Gasteiger partial charge in [0.1, 0.15) is 5.75 Å². The highest BCUT2D eigenvalue weighted by Crippen LogP contribution is 2.25. The highest BCUT2D eigenvalue weighted by atomic mass is 32.2. The molecule has 0 atom stereocenters. The lowest BCUT2D eigenvalue weighted by Gasteiger charge is -2.10. The number of hydrogen-bond donors (Lipinski definition) is 2. The molecule has 1 aromatic rings. The minimum absolute atomic E-state index is 0.199. The van der Waals surface area contributed by atoms with Crippen LogP contribution in [0.1, 0.15) is 13.3 Å². The predicted octanol–water partition coefficient (Wildman–Crippen LogP) is 0.972. The number of esters is 1. The van der Waals surface area contributed by atoms with Crippen molar-refractivity contribution in [1.82, 2.24) is 0 Å². The van der Waals surface area contributed by atoms with Crippen molar-refractivity contribution in [3.05, 3.63) is 18.2 Å². The lowest BCUT2D eigenvalue weighted by atomic mass is 10.3. The number of methoxy groups -OCH3 is 1. The average Bonchev–Trinajstić information content (AvgIpc) is 2.39. The molecule has 0 saturated heterocycles. The number of hydrogen-bond acceptors (Lipinski definition) is 6. The number of anilines is 2. The van der Waals surface area contributed by atoms with Gasteiger partial charge in [-0.15, -0.1) is 0 Å². The van der Waals surface area contributed by atoms with Gasteiger partial charge in [0.05, 0.1) is 37.3 Å². The first-order valence-electron chi connectivity index (χ1n) is 5.97. The van der Waals surface area contributed by atoms with Crippen molar-refractivity contribution in [1.29, 1.82) is 0 Å². The maximum atomic E-state index is 11.8. The lowest BCUT2D eigenvalue weighted by Crippen LogP contribution is -2.20. The normalized spacial score (nSPS) is 10.9. The number of ether oxygens (including phenoxy) is 2. The van der Waals surface area contributed by atoms with Gasteiger partial charge in [-0.25, -0.2) is 8.42 Å². The SMILES string of the molecule is CCOC(=O)CCS(=O)(=O)Nc1ccc(N)c(OC)c1. The largest absolute Gasteiger partial charge is 0.495 e. The van der Waals surface area contributed by atoms with E-state index in [0.717, 1.165) is 0 Å². The van der Waals surface area contributed by atoms with Crippen molar-refractivity contribution in [3.8, 4) is 5.75 Å². The number of carbonyl (C=O) groups excluding carboxylic acids is 1. The summed E-state index contributed by atoms with van der Waals surface area (Å²) < 4.78 is 35.6. The summed E-state index contributed by atoms with van der Waals surface area (Å²) >= 11 is 0. The summed E-state index contributed by atoms with van der Waals surface area (Å²) in [6, 6.07) is 4.51. The summed E-state index contributed by atoms with van der Waals surface area (Å²) in [7, 11) is -2.20. The van der Waals surface area contributed by atoms with Crippen LogP contribution in [0.4, 0.5) is 11.4 Å². The first-order valence-corrected chi connectivity index (χ1v) is 7.63. The molecule has 0 radical (unpaired) electrons. The molecule has 0 unspecified atom stereocenters. The summed E-state index contributed by atoms with van der Waals surface area (Å²) in [4.78, 5) is 11.1. The van der Waals surface area contributed by atoms with Gasteiger partial charge in [-0.2, -0.15) is 0 Å². The molecule has 0 aliphatic rings. The van der Waals surface area contributed by atoms with E-state index in [1.54, 1.807) is 6.92 Å². The van der Waals surface area contributed by atoms with Crippen LogP contribution in [0.5, 0.6) is 5.75 Å². The molecule has 0 bridgehead atoms. The molecule has 8 heteroatoms. The van der Waals surface area contributed by atoms with E-state index in [2.05, 4.69) is 9.46 Å². The zero-order chi connectivity index (χ0) is 15.2. The molecular formula is C12H18N2O5S. The average molecular weight is 302 g/mol. The van der Waals surface area contributed by atoms with E-state index in [1.165, 1.54) is 25.3 Å². The Morgan fingerprint density at radius 3 is 2.70 bits per heavy atom. The van der Waals surface area contributed by atoms with Crippen molar-refractivity contribution in [2.45, 2.75) is 13.3 Å². The molecule has 0 spiro atoms.